The molecule has 6 nitrogen and oxygen atoms in total. The molecule has 0 aromatic heterocycles. The zero-order valence-corrected chi connectivity index (χ0v) is 17.8. The van der Waals surface area contributed by atoms with Crippen molar-refractivity contribution in [2.45, 2.75) is 24.5 Å². The van der Waals surface area contributed by atoms with Crippen LogP contribution in [0.1, 0.15) is 17.0 Å². The smallest absolute Gasteiger partial charge is 0.161 e. The van der Waals surface area contributed by atoms with Crippen LogP contribution in [0.2, 0.25) is 0 Å². The summed E-state index contributed by atoms with van der Waals surface area (Å²) in [5.41, 5.74) is 8.57. The Morgan fingerprint density at radius 2 is 1.52 bits per heavy atom. The molecule has 3 atom stereocenters. The Morgan fingerprint density at radius 3 is 2.19 bits per heavy atom. The molecule has 3 unspecified atom stereocenters. The summed E-state index contributed by atoms with van der Waals surface area (Å²) in [5, 5.41) is 20.7. The molecule has 0 saturated heterocycles. The van der Waals surface area contributed by atoms with Gasteiger partial charge >= 0.3 is 0 Å². The molecule has 31 heavy (non-hydrogen) atoms. The zero-order chi connectivity index (χ0) is 22.2. The van der Waals surface area contributed by atoms with Crippen molar-refractivity contribution in [1.29, 1.82) is 0 Å². The Labute approximate surface area is 182 Å². The summed E-state index contributed by atoms with van der Waals surface area (Å²) in [6.07, 6.45) is -0.327. The van der Waals surface area contributed by atoms with Crippen molar-refractivity contribution in [2.24, 2.45) is 5.73 Å². The van der Waals surface area contributed by atoms with Crippen molar-refractivity contribution < 1.29 is 24.4 Å². The minimum absolute atomic E-state index is 0.0176. The lowest BCUT2D eigenvalue weighted by molar-refractivity contribution is 0.0754. The van der Waals surface area contributed by atoms with Gasteiger partial charge in [-0.15, -0.1) is 0 Å². The Hall–Kier alpha value is -3.22. The minimum atomic E-state index is -0.957. The average Bonchev–Trinajstić information content (AvgIpc) is 2.81. The first kappa shape index (κ1) is 22.5. The molecule has 6 heteroatoms. The number of methoxy groups -OCH3 is 2. The molecule has 3 aromatic rings. The predicted octanol–water partition coefficient (Wildman–Crippen LogP) is 3.50. The van der Waals surface area contributed by atoms with Crippen LogP contribution in [-0.2, 0) is 6.42 Å². The second kappa shape index (κ2) is 10.7. The van der Waals surface area contributed by atoms with E-state index in [0.29, 0.717) is 23.7 Å². The van der Waals surface area contributed by atoms with E-state index in [9.17, 15) is 10.2 Å². The monoisotopic (exact) mass is 423 g/mol. The van der Waals surface area contributed by atoms with Gasteiger partial charge in [-0.25, -0.2) is 0 Å². The highest BCUT2D eigenvalue weighted by atomic mass is 16.5. The van der Waals surface area contributed by atoms with Crippen molar-refractivity contribution in [1.82, 2.24) is 0 Å². The number of phenols is 1. The van der Waals surface area contributed by atoms with Gasteiger partial charge in [-0.05, 0) is 41.8 Å². The van der Waals surface area contributed by atoms with Crippen molar-refractivity contribution in [3.8, 4) is 23.0 Å². The molecule has 0 saturated carbocycles. The van der Waals surface area contributed by atoms with Crippen molar-refractivity contribution in [2.75, 3.05) is 20.8 Å². The fourth-order valence-corrected chi connectivity index (χ4v) is 3.56. The van der Waals surface area contributed by atoms with Gasteiger partial charge in [0.2, 0.25) is 0 Å². The number of nitrogens with two attached hydrogens (primary N) is 1. The normalized spacial score (nSPS) is 13.8. The van der Waals surface area contributed by atoms with E-state index in [2.05, 4.69) is 0 Å². The summed E-state index contributed by atoms with van der Waals surface area (Å²) in [4.78, 5) is 0. The van der Waals surface area contributed by atoms with Gasteiger partial charge in [-0.2, -0.15) is 0 Å². The predicted molar refractivity (Wildman–Crippen MR) is 120 cm³/mol. The van der Waals surface area contributed by atoms with Gasteiger partial charge in [-0.3, -0.25) is 0 Å². The van der Waals surface area contributed by atoms with Crippen LogP contribution in [0.15, 0.2) is 72.8 Å². The van der Waals surface area contributed by atoms with Crippen LogP contribution in [0.4, 0.5) is 0 Å². The van der Waals surface area contributed by atoms with Gasteiger partial charge in [0.1, 0.15) is 12.7 Å². The van der Waals surface area contributed by atoms with Crippen LogP contribution in [-0.4, -0.2) is 43.2 Å². The van der Waals surface area contributed by atoms with E-state index in [1.54, 1.807) is 32.4 Å². The van der Waals surface area contributed by atoms with Crippen LogP contribution < -0.4 is 19.9 Å². The number of para-hydroxylation sites is 2. The van der Waals surface area contributed by atoms with Crippen LogP contribution >= 0.6 is 0 Å². The third-order valence-corrected chi connectivity index (χ3v) is 5.32. The second-order valence-electron chi connectivity index (χ2n) is 7.33. The minimum Gasteiger partial charge on any atom is -0.504 e. The van der Waals surface area contributed by atoms with Gasteiger partial charge in [-0.1, -0.05) is 48.5 Å². The third-order valence-electron chi connectivity index (χ3n) is 5.32. The number of phenolic OH excluding ortho intramolecular Hbond substituents is 1. The Balaban J connectivity index is 1.83. The SMILES string of the molecule is COc1ccc(C(Cc2ccccc2)C(N)C(O)COc2ccccc2O)cc1OC. The molecular weight excluding hydrogens is 394 g/mol. The maximum Gasteiger partial charge on any atom is 0.161 e. The lowest BCUT2D eigenvalue weighted by Gasteiger charge is -2.29. The first-order valence-corrected chi connectivity index (χ1v) is 10.1. The zero-order valence-electron chi connectivity index (χ0n) is 17.8. The number of rotatable bonds is 10. The topological polar surface area (TPSA) is 94.2 Å². The number of hydrogen-bond donors (Lipinski definition) is 3. The van der Waals surface area contributed by atoms with Crippen molar-refractivity contribution in [3.63, 3.8) is 0 Å². The standard InChI is InChI=1S/C25H29NO5/c1-29-23-13-12-18(15-24(23)30-2)19(14-17-8-4-3-5-9-17)25(26)21(28)16-31-22-11-7-6-10-20(22)27/h3-13,15,19,21,25,27-28H,14,16,26H2,1-2H3. The van der Waals surface area contributed by atoms with Gasteiger partial charge < -0.3 is 30.2 Å². The van der Waals surface area contributed by atoms with E-state index in [1.807, 2.05) is 48.5 Å². The van der Waals surface area contributed by atoms with Gasteiger partial charge in [0.15, 0.2) is 23.0 Å². The number of hydrogen-bond acceptors (Lipinski definition) is 6. The quantitative estimate of drug-likeness (QED) is 0.462. The average molecular weight is 424 g/mol. The van der Waals surface area contributed by atoms with Crippen molar-refractivity contribution >= 4 is 0 Å². The number of aliphatic hydroxyl groups is 1. The molecule has 0 radical (unpaired) electrons. The van der Waals surface area contributed by atoms with E-state index >= 15 is 0 Å². The van der Waals surface area contributed by atoms with Gasteiger partial charge in [0.25, 0.3) is 0 Å². The summed E-state index contributed by atoms with van der Waals surface area (Å²) >= 11 is 0. The number of aliphatic hydroxyl groups excluding tert-OH is 1. The highest BCUT2D eigenvalue weighted by Gasteiger charge is 2.28. The first-order valence-electron chi connectivity index (χ1n) is 10.1. The van der Waals surface area contributed by atoms with E-state index < -0.39 is 12.1 Å². The lowest BCUT2D eigenvalue weighted by Crippen LogP contribution is -2.44. The molecule has 4 N–H and O–H groups in total. The third kappa shape index (κ3) is 5.69. The molecule has 3 rings (SSSR count). The number of benzene rings is 3. The molecule has 0 heterocycles. The molecule has 164 valence electrons. The first-order chi connectivity index (χ1) is 15.0. The van der Waals surface area contributed by atoms with Crippen molar-refractivity contribution in [3.05, 3.63) is 83.9 Å². The maximum absolute atomic E-state index is 10.8. The van der Waals surface area contributed by atoms with Crippen LogP contribution in [0.5, 0.6) is 23.0 Å². The van der Waals surface area contributed by atoms with E-state index in [-0.39, 0.29) is 18.3 Å². The highest BCUT2D eigenvalue weighted by molar-refractivity contribution is 5.45. The summed E-state index contributed by atoms with van der Waals surface area (Å²) in [6, 6.07) is 21.7. The second-order valence-corrected chi connectivity index (χ2v) is 7.33. The highest BCUT2D eigenvalue weighted by Crippen LogP contribution is 2.34. The molecule has 0 aliphatic carbocycles. The van der Waals surface area contributed by atoms with Gasteiger partial charge in [0.05, 0.1) is 14.2 Å². The molecule has 0 aliphatic heterocycles. The van der Waals surface area contributed by atoms with E-state index in [4.69, 9.17) is 19.9 Å². The molecule has 3 aromatic carbocycles. The van der Waals surface area contributed by atoms with Gasteiger partial charge in [0, 0.05) is 12.0 Å². The van der Waals surface area contributed by atoms with E-state index in [1.165, 1.54) is 6.07 Å². The molecule has 0 spiro atoms. The summed E-state index contributed by atoms with van der Waals surface area (Å²) in [7, 11) is 3.17. The fraction of sp³-hybridized carbons (Fsp3) is 0.280. The van der Waals surface area contributed by atoms with Crippen LogP contribution in [0.25, 0.3) is 0 Å². The summed E-state index contributed by atoms with van der Waals surface area (Å²) in [6.45, 7) is -0.0443. The number of ether oxygens (including phenoxy) is 3. The van der Waals surface area contributed by atoms with Crippen LogP contribution in [0.3, 0.4) is 0 Å². The lowest BCUT2D eigenvalue weighted by atomic mass is 9.83. The van der Waals surface area contributed by atoms with E-state index in [0.717, 1.165) is 11.1 Å². The summed E-state index contributed by atoms with van der Waals surface area (Å²) < 4.78 is 16.4. The number of aromatic hydroxyl groups is 1. The molecule has 0 amide bonds. The molecular formula is C25H29NO5. The molecule has 0 aliphatic rings. The molecule has 0 fully saturated rings. The summed E-state index contributed by atoms with van der Waals surface area (Å²) in [5.74, 6) is 1.35. The maximum atomic E-state index is 10.8. The Bertz CT molecular complexity index is 963. The Morgan fingerprint density at radius 1 is 0.839 bits per heavy atom. The fourth-order valence-electron chi connectivity index (χ4n) is 3.56. The molecule has 0 bridgehead atoms. The Kier molecular flexibility index (Phi) is 7.76. The van der Waals surface area contributed by atoms with Crippen LogP contribution in [0, 0.1) is 0 Å². The largest absolute Gasteiger partial charge is 0.504 e.